The van der Waals surface area contributed by atoms with Crippen LogP contribution in [-0.2, 0) is 0 Å². The molecule has 2 aromatic carbocycles. The number of anilines is 4. The highest BCUT2D eigenvalue weighted by Crippen LogP contribution is 2.54. The van der Waals surface area contributed by atoms with Crippen molar-refractivity contribution in [3.8, 4) is 0 Å². The van der Waals surface area contributed by atoms with Crippen LogP contribution < -0.4 is 20.9 Å². The molecule has 2 aliphatic heterocycles. The van der Waals surface area contributed by atoms with Crippen LogP contribution in [0.1, 0.15) is 41.6 Å². The Morgan fingerprint density at radius 2 is 1.68 bits per heavy atom. The lowest BCUT2D eigenvalue weighted by atomic mass is 9.92. The Morgan fingerprint density at radius 1 is 0.968 bits per heavy atom. The van der Waals surface area contributed by atoms with Crippen LogP contribution >= 0.6 is 0 Å². The minimum absolute atomic E-state index is 0.202. The average Bonchev–Trinajstić information content (AvgIpc) is 3.47. The first-order valence-electron chi connectivity index (χ1n) is 10.9. The minimum atomic E-state index is -2.68. The Hall–Kier alpha value is -2.83. The van der Waals surface area contributed by atoms with Crippen LogP contribution in [0.3, 0.4) is 0 Å². The Balaban J connectivity index is 1.35. The molecule has 0 radical (unpaired) electrons. The van der Waals surface area contributed by atoms with Gasteiger partial charge in [0.1, 0.15) is 0 Å². The summed E-state index contributed by atoms with van der Waals surface area (Å²) in [5.41, 5.74) is 10.8. The van der Waals surface area contributed by atoms with Gasteiger partial charge in [-0.2, -0.15) is 0 Å². The number of carbonyl (C=O) groups excluding carboxylic acids is 1. The molecule has 164 valence electrons. The molecule has 1 saturated carbocycles. The van der Waals surface area contributed by atoms with E-state index in [9.17, 15) is 13.6 Å². The van der Waals surface area contributed by atoms with E-state index in [-0.39, 0.29) is 19.0 Å². The van der Waals surface area contributed by atoms with Gasteiger partial charge >= 0.3 is 0 Å². The lowest BCUT2D eigenvalue weighted by Crippen LogP contribution is -2.56. The molecular weight excluding hydrogens is 398 g/mol. The SMILES string of the molecule is Cc1ccc(C(=O)Nc2ccc(N)c(N3CC(F)(F)C3)c2)c(N2CCC3(CC2)CC3)c1. The molecule has 0 unspecified atom stereocenters. The van der Waals surface area contributed by atoms with Gasteiger partial charge in [0, 0.05) is 24.5 Å². The van der Waals surface area contributed by atoms with E-state index in [0.717, 1.165) is 24.3 Å². The van der Waals surface area contributed by atoms with E-state index >= 15 is 0 Å². The number of carbonyl (C=O) groups is 1. The summed E-state index contributed by atoms with van der Waals surface area (Å²) < 4.78 is 26.6. The second-order valence-electron chi connectivity index (χ2n) is 9.45. The minimum Gasteiger partial charge on any atom is -0.397 e. The molecule has 5 nitrogen and oxygen atoms in total. The van der Waals surface area contributed by atoms with Crippen LogP contribution in [0.4, 0.5) is 31.5 Å². The number of nitrogen functional groups attached to an aromatic ring is 1. The second-order valence-corrected chi connectivity index (χ2v) is 9.45. The third kappa shape index (κ3) is 3.93. The molecular formula is C24H28F2N4O. The highest BCUT2D eigenvalue weighted by molar-refractivity contribution is 6.08. The topological polar surface area (TPSA) is 61.6 Å². The predicted molar refractivity (Wildman–Crippen MR) is 120 cm³/mol. The maximum absolute atomic E-state index is 13.3. The van der Waals surface area contributed by atoms with Crippen LogP contribution in [-0.4, -0.2) is 38.0 Å². The van der Waals surface area contributed by atoms with Gasteiger partial charge in [-0.3, -0.25) is 4.79 Å². The van der Waals surface area contributed by atoms with Crippen LogP contribution in [0, 0.1) is 12.3 Å². The predicted octanol–water partition coefficient (Wildman–Crippen LogP) is 4.67. The average molecular weight is 427 g/mol. The molecule has 1 spiro atoms. The lowest BCUT2D eigenvalue weighted by molar-refractivity contribution is -0.0261. The van der Waals surface area contributed by atoms with Gasteiger partial charge < -0.3 is 20.9 Å². The first kappa shape index (κ1) is 20.1. The lowest BCUT2D eigenvalue weighted by Gasteiger charge is -2.41. The molecule has 31 heavy (non-hydrogen) atoms. The normalized spacial score (nSPS) is 21.0. The standard InChI is InChI=1S/C24H28F2N4O/c1-16-2-4-18(20(12-16)29-10-8-23(6-7-23)9-11-29)22(31)28-17-3-5-19(27)21(13-17)30-14-24(25,26)15-30/h2-5,12-13H,6-11,14-15,27H2,1H3,(H,28,31). The summed E-state index contributed by atoms with van der Waals surface area (Å²) in [7, 11) is 0. The summed E-state index contributed by atoms with van der Waals surface area (Å²) in [5, 5.41) is 2.94. The zero-order valence-corrected chi connectivity index (χ0v) is 17.8. The maximum atomic E-state index is 13.3. The van der Waals surface area contributed by atoms with Crippen molar-refractivity contribution in [1.29, 1.82) is 0 Å². The molecule has 5 rings (SSSR count). The van der Waals surface area contributed by atoms with Crippen LogP contribution in [0.25, 0.3) is 0 Å². The van der Waals surface area contributed by atoms with E-state index in [1.54, 1.807) is 18.2 Å². The molecule has 2 saturated heterocycles. The van der Waals surface area contributed by atoms with Crippen molar-refractivity contribution in [2.45, 2.75) is 38.5 Å². The summed E-state index contributed by atoms with van der Waals surface area (Å²) in [4.78, 5) is 17.0. The van der Waals surface area contributed by atoms with Crippen molar-refractivity contribution < 1.29 is 13.6 Å². The number of rotatable bonds is 4. The van der Waals surface area contributed by atoms with Crippen LogP contribution in [0.15, 0.2) is 36.4 Å². The fraction of sp³-hybridized carbons (Fsp3) is 0.458. The fourth-order valence-corrected chi connectivity index (χ4v) is 4.77. The second kappa shape index (κ2) is 7.11. The number of alkyl halides is 2. The van der Waals surface area contributed by atoms with Crippen molar-refractivity contribution in [1.82, 2.24) is 0 Å². The van der Waals surface area contributed by atoms with Gasteiger partial charge in [-0.1, -0.05) is 6.07 Å². The van der Waals surface area contributed by atoms with Crippen molar-refractivity contribution in [3.05, 3.63) is 47.5 Å². The number of nitrogens with one attached hydrogen (secondary N) is 1. The summed E-state index contributed by atoms with van der Waals surface area (Å²) >= 11 is 0. The van der Waals surface area contributed by atoms with Gasteiger partial charge in [0.2, 0.25) is 0 Å². The molecule has 3 N–H and O–H groups in total. The third-order valence-electron chi connectivity index (χ3n) is 6.99. The summed E-state index contributed by atoms with van der Waals surface area (Å²) in [5.74, 6) is -2.89. The monoisotopic (exact) mass is 426 g/mol. The number of aryl methyl sites for hydroxylation is 1. The molecule has 0 aromatic heterocycles. The summed E-state index contributed by atoms with van der Waals surface area (Å²) in [6.07, 6.45) is 5.04. The third-order valence-corrected chi connectivity index (χ3v) is 6.99. The number of amides is 1. The Kier molecular flexibility index (Phi) is 4.61. The number of nitrogens with zero attached hydrogens (tertiary/aromatic N) is 2. The van der Waals surface area contributed by atoms with Gasteiger partial charge in [0.15, 0.2) is 0 Å². The number of hydrogen-bond acceptors (Lipinski definition) is 4. The highest BCUT2D eigenvalue weighted by Gasteiger charge is 2.45. The molecule has 3 fully saturated rings. The first-order valence-corrected chi connectivity index (χ1v) is 10.9. The number of hydrogen-bond donors (Lipinski definition) is 2. The zero-order chi connectivity index (χ0) is 21.8. The number of piperidine rings is 1. The fourth-order valence-electron chi connectivity index (χ4n) is 4.77. The molecule has 7 heteroatoms. The van der Waals surface area contributed by atoms with Crippen LogP contribution in [0.2, 0.25) is 0 Å². The Labute approximate surface area is 181 Å². The maximum Gasteiger partial charge on any atom is 0.282 e. The van der Waals surface area contributed by atoms with E-state index in [0.29, 0.717) is 28.0 Å². The van der Waals surface area contributed by atoms with Gasteiger partial charge in [-0.05, 0) is 73.9 Å². The van der Waals surface area contributed by atoms with Gasteiger partial charge in [-0.25, -0.2) is 8.78 Å². The van der Waals surface area contributed by atoms with E-state index in [1.807, 2.05) is 19.1 Å². The number of nitrogens with two attached hydrogens (primary N) is 1. The molecule has 2 aromatic rings. The van der Waals surface area contributed by atoms with Gasteiger partial charge in [0.25, 0.3) is 11.8 Å². The number of benzene rings is 2. The van der Waals surface area contributed by atoms with Gasteiger partial charge in [-0.15, -0.1) is 0 Å². The Bertz CT molecular complexity index is 1020. The first-order chi connectivity index (χ1) is 14.7. The van der Waals surface area contributed by atoms with E-state index in [4.69, 9.17) is 5.73 Å². The van der Waals surface area contributed by atoms with Crippen molar-refractivity contribution >= 4 is 28.7 Å². The smallest absolute Gasteiger partial charge is 0.282 e. The molecule has 3 aliphatic rings. The number of halogens is 2. The van der Waals surface area contributed by atoms with E-state index in [2.05, 4.69) is 16.3 Å². The molecule has 0 bridgehead atoms. The Morgan fingerprint density at radius 3 is 2.32 bits per heavy atom. The zero-order valence-electron chi connectivity index (χ0n) is 17.8. The highest BCUT2D eigenvalue weighted by atomic mass is 19.3. The van der Waals surface area contributed by atoms with Gasteiger partial charge in [0.05, 0.1) is 30.0 Å². The van der Waals surface area contributed by atoms with Crippen molar-refractivity contribution in [2.75, 3.05) is 47.0 Å². The van der Waals surface area contributed by atoms with Crippen molar-refractivity contribution in [2.24, 2.45) is 5.41 Å². The molecule has 0 atom stereocenters. The molecule has 1 amide bonds. The van der Waals surface area contributed by atoms with E-state index in [1.165, 1.54) is 30.6 Å². The van der Waals surface area contributed by atoms with E-state index < -0.39 is 5.92 Å². The summed E-state index contributed by atoms with van der Waals surface area (Å²) in [6.45, 7) is 3.27. The molecule has 1 aliphatic carbocycles. The molecule has 2 heterocycles. The largest absolute Gasteiger partial charge is 0.397 e. The van der Waals surface area contributed by atoms with Crippen LogP contribution in [0.5, 0.6) is 0 Å². The summed E-state index contributed by atoms with van der Waals surface area (Å²) in [6, 6.07) is 10.9. The quantitative estimate of drug-likeness (QED) is 0.698. The van der Waals surface area contributed by atoms with Crippen molar-refractivity contribution in [3.63, 3.8) is 0 Å².